The first kappa shape index (κ1) is 17.7. The van der Waals surface area contributed by atoms with Gasteiger partial charge in [0, 0.05) is 16.7 Å². The van der Waals surface area contributed by atoms with Crippen molar-refractivity contribution in [3.8, 4) is 0 Å². The van der Waals surface area contributed by atoms with Crippen LogP contribution in [0.4, 0.5) is 0 Å². The van der Waals surface area contributed by atoms with Crippen molar-refractivity contribution in [1.82, 2.24) is 10.6 Å². The van der Waals surface area contributed by atoms with E-state index in [-0.39, 0.29) is 23.7 Å². The maximum atomic E-state index is 12.3. The summed E-state index contributed by atoms with van der Waals surface area (Å²) < 4.78 is 1.05. The van der Waals surface area contributed by atoms with Crippen LogP contribution < -0.4 is 10.6 Å². The van der Waals surface area contributed by atoms with Gasteiger partial charge in [-0.1, -0.05) is 19.1 Å². The molecule has 1 heterocycles. The molecule has 0 bridgehead atoms. The van der Waals surface area contributed by atoms with Crippen LogP contribution in [0.15, 0.2) is 18.2 Å². The Kier molecular flexibility index (Phi) is 6.75. The number of benzene rings is 1. The fraction of sp³-hybridized carbons (Fsp3) is 0.533. The zero-order valence-corrected chi connectivity index (χ0v) is 14.9. The van der Waals surface area contributed by atoms with E-state index in [1.807, 2.05) is 25.1 Å². The molecule has 1 amide bonds. The summed E-state index contributed by atoms with van der Waals surface area (Å²) in [5, 5.41) is 6.50. The quantitative estimate of drug-likeness (QED) is 0.755. The Balaban J connectivity index is 0.00000200. The first-order chi connectivity index (χ1) is 9.02. The lowest BCUT2D eigenvalue weighted by atomic mass is 9.83. The van der Waals surface area contributed by atoms with Crippen molar-refractivity contribution in [3.63, 3.8) is 0 Å². The molecule has 1 aromatic carbocycles. The molecule has 5 heteroatoms. The standard InChI is InChI=1S/C15H21IN2O.ClH/c1-11-5-3-6-12(13(11)16)14(19)18-10-15(2)7-4-8-17-9-15;/h3,5-6,17H,4,7-10H2,1-2H3,(H,18,19);1H. The van der Waals surface area contributed by atoms with Crippen LogP contribution in [0.5, 0.6) is 0 Å². The lowest BCUT2D eigenvalue weighted by Crippen LogP contribution is -2.45. The van der Waals surface area contributed by atoms with Gasteiger partial charge in [-0.3, -0.25) is 4.79 Å². The minimum absolute atomic E-state index is 0. The largest absolute Gasteiger partial charge is 0.351 e. The van der Waals surface area contributed by atoms with Gasteiger partial charge in [-0.2, -0.15) is 0 Å². The summed E-state index contributed by atoms with van der Waals surface area (Å²) in [6.07, 6.45) is 2.36. The number of hydrogen-bond acceptors (Lipinski definition) is 2. The normalized spacial score (nSPS) is 21.9. The lowest BCUT2D eigenvalue weighted by molar-refractivity contribution is 0.0923. The van der Waals surface area contributed by atoms with Crippen LogP contribution >= 0.6 is 35.0 Å². The molecular weight excluding hydrogens is 387 g/mol. The molecule has 2 rings (SSSR count). The number of halogens is 2. The Morgan fingerprint density at radius 1 is 1.50 bits per heavy atom. The molecule has 1 unspecified atom stereocenters. The molecule has 0 aromatic heterocycles. The average molecular weight is 409 g/mol. The van der Waals surface area contributed by atoms with E-state index in [2.05, 4.69) is 40.1 Å². The Morgan fingerprint density at radius 3 is 2.90 bits per heavy atom. The van der Waals surface area contributed by atoms with Gasteiger partial charge >= 0.3 is 0 Å². The van der Waals surface area contributed by atoms with Crippen molar-refractivity contribution < 1.29 is 4.79 Å². The van der Waals surface area contributed by atoms with E-state index in [1.165, 1.54) is 12.8 Å². The number of aryl methyl sites for hydroxylation is 1. The summed E-state index contributed by atoms with van der Waals surface area (Å²) in [5.74, 6) is 0.0416. The Morgan fingerprint density at radius 2 is 2.25 bits per heavy atom. The second-order valence-electron chi connectivity index (χ2n) is 5.71. The van der Waals surface area contributed by atoms with Crippen LogP contribution in [0.25, 0.3) is 0 Å². The third-order valence-electron chi connectivity index (χ3n) is 3.80. The molecule has 0 spiro atoms. The average Bonchev–Trinajstić information content (AvgIpc) is 2.40. The smallest absolute Gasteiger partial charge is 0.252 e. The molecule has 3 nitrogen and oxygen atoms in total. The first-order valence-corrected chi connectivity index (χ1v) is 7.84. The summed E-state index contributed by atoms with van der Waals surface area (Å²) in [4.78, 5) is 12.3. The second-order valence-corrected chi connectivity index (χ2v) is 6.79. The van der Waals surface area contributed by atoms with Gasteiger partial charge in [0.25, 0.3) is 5.91 Å². The van der Waals surface area contributed by atoms with Gasteiger partial charge in [-0.05, 0) is 65.9 Å². The number of hydrogen-bond donors (Lipinski definition) is 2. The predicted octanol–water partition coefficient (Wildman–Crippen LogP) is 3.14. The minimum Gasteiger partial charge on any atom is -0.351 e. The maximum absolute atomic E-state index is 12.3. The number of carbonyl (C=O) groups excluding carboxylic acids is 1. The Hall–Kier alpha value is -0.330. The van der Waals surface area contributed by atoms with Gasteiger partial charge in [0.1, 0.15) is 0 Å². The van der Waals surface area contributed by atoms with Crippen molar-refractivity contribution in [2.24, 2.45) is 5.41 Å². The van der Waals surface area contributed by atoms with Crippen molar-refractivity contribution in [3.05, 3.63) is 32.9 Å². The van der Waals surface area contributed by atoms with Crippen LogP contribution in [0.2, 0.25) is 0 Å². The number of carbonyl (C=O) groups is 1. The highest BCUT2D eigenvalue weighted by molar-refractivity contribution is 14.1. The SMILES string of the molecule is Cc1cccc(C(=O)NCC2(C)CCCNC2)c1I.Cl. The molecule has 1 saturated heterocycles. The van der Waals surface area contributed by atoms with Gasteiger partial charge in [0.05, 0.1) is 5.56 Å². The van der Waals surface area contributed by atoms with Crippen LogP contribution in [-0.4, -0.2) is 25.5 Å². The fourth-order valence-corrected chi connectivity index (χ4v) is 3.09. The van der Waals surface area contributed by atoms with Crippen LogP contribution in [0, 0.1) is 15.9 Å². The van der Waals surface area contributed by atoms with Crippen LogP contribution in [-0.2, 0) is 0 Å². The van der Waals surface area contributed by atoms with Crippen LogP contribution in [0.3, 0.4) is 0 Å². The number of nitrogens with one attached hydrogen (secondary N) is 2. The van der Waals surface area contributed by atoms with Gasteiger partial charge in [-0.25, -0.2) is 0 Å². The van der Waals surface area contributed by atoms with E-state index in [4.69, 9.17) is 0 Å². The van der Waals surface area contributed by atoms with E-state index < -0.39 is 0 Å². The summed E-state index contributed by atoms with van der Waals surface area (Å²) in [5.41, 5.74) is 2.12. The second kappa shape index (κ2) is 7.61. The van der Waals surface area contributed by atoms with Crippen LogP contribution in [0.1, 0.15) is 35.7 Å². The van der Waals surface area contributed by atoms with E-state index in [1.54, 1.807) is 0 Å². The van der Waals surface area contributed by atoms with E-state index >= 15 is 0 Å². The van der Waals surface area contributed by atoms with E-state index in [9.17, 15) is 4.79 Å². The molecule has 1 aromatic rings. The summed E-state index contributed by atoms with van der Waals surface area (Å²) >= 11 is 2.24. The zero-order chi connectivity index (χ0) is 13.9. The highest BCUT2D eigenvalue weighted by Crippen LogP contribution is 2.24. The van der Waals surface area contributed by atoms with Crippen molar-refractivity contribution in [2.45, 2.75) is 26.7 Å². The molecule has 0 radical (unpaired) electrons. The molecule has 2 N–H and O–H groups in total. The molecule has 20 heavy (non-hydrogen) atoms. The van der Waals surface area contributed by atoms with Crippen molar-refractivity contribution >= 4 is 40.9 Å². The summed E-state index contributed by atoms with van der Waals surface area (Å²) in [7, 11) is 0. The maximum Gasteiger partial charge on any atom is 0.252 e. The highest BCUT2D eigenvalue weighted by Gasteiger charge is 2.27. The molecule has 1 aliphatic rings. The van der Waals surface area contributed by atoms with Crippen molar-refractivity contribution in [1.29, 1.82) is 0 Å². The first-order valence-electron chi connectivity index (χ1n) is 6.76. The lowest BCUT2D eigenvalue weighted by Gasteiger charge is -2.34. The highest BCUT2D eigenvalue weighted by atomic mass is 127. The molecule has 112 valence electrons. The minimum atomic E-state index is 0. The molecule has 0 saturated carbocycles. The third-order valence-corrected chi connectivity index (χ3v) is 5.23. The molecule has 1 atom stereocenters. The Labute approximate surface area is 140 Å². The molecule has 1 aliphatic heterocycles. The predicted molar refractivity (Wildman–Crippen MR) is 93.7 cm³/mol. The summed E-state index contributed by atoms with van der Waals surface area (Å²) in [6.45, 7) is 7.09. The number of amides is 1. The third kappa shape index (κ3) is 4.33. The van der Waals surface area contributed by atoms with Gasteiger partial charge < -0.3 is 10.6 Å². The van der Waals surface area contributed by atoms with Gasteiger partial charge in [0.15, 0.2) is 0 Å². The zero-order valence-electron chi connectivity index (χ0n) is 12.0. The number of piperidine rings is 1. The van der Waals surface area contributed by atoms with Gasteiger partial charge in [0.2, 0.25) is 0 Å². The summed E-state index contributed by atoms with van der Waals surface area (Å²) in [6, 6.07) is 5.87. The van der Waals surface area contributed by atoms with E-state index in [0.717, 1.165) is 34.3 Å². The van der Waals surface area contributed by atoms with Crippen molar-refractivity contribution in [2.75, 3.05) is 19.6 Å². The van der Waals surface area contributed by atoms with Gasteiger partial charge in [-0.15, -0.1) is 12.4 Å². The monoisotopic (exact) mass is 408 g/mol. The number of rotatable bonds is 3. The topological polar surface area (TPSA) is 41.1 Å². The molecular formula is C15H22ClIN2O. The van der Waals surface area contributed by atoms with E-state index in [0.29, 0.717) is 0 Å². The Bertz CT molecular complexity index is 473. The molecule has 0 aliphatic carbocycles. The molecule has 1 fully saturated rings. The fourth-order valence-electron chi connectivity index (χ4n) is 2.48.